The topological polar surface area (TPSA) is 56.8 Å². The van der Waals surface area contributed by atoms with Gasteiger partial charge in [0.05, 0.1) is 5.69 Å². The van der Waals surface area contributed by atoms with Gasteiger partial charge in [0, 0.05) is 0 Å². The van der Waals surface area contributed by atoms with Crippen molar-refractivity contribution in [1.29, 1.82) is 0 Å². The van der Waals surface area contributed by atoms with Crippen molar-refractivity contribution in [3.05, 3.63) is 78.4 Å². The third kappa shape index (κ3) is 3.87. The van der Waals surface area contributed by atoms with E-state index in [4.69, 9.17) is 14.2 Å². The molecule has 5 heteroatoms. The predicted molar refractivity (Wildman–Crippen MR) is 103 cm³/mol. The standard InChI is InChI=1S/C22H19NO4/c1-15-10-12-16(13-11-15)26-18-7-3-2-6-17(18)23-22(24)21-14-25-19-8-4-5-9-20(19)27-21/h2-13,21H,14H2,1H3,(H,23,24)/t21-/m1/s1. The van der Waals surface area contributed by atoms with Crippen LogP contribution in [0.4, 0.5) is 5.69 Å². The molecule has 1 aliphatic heterocycles. The number of benzene rings is 3. The van der Waals surface area contributed by atoms with Crippen LogP contribution in [-0.4, -0.2) is 18.6 Å². The Kier molecular flexibility index (Phi) is 4.66. The van der Waals surface area contributed by atoms with Crippen molar-refractivity contribution in [3.8, 4) is 23.0 Å². The number of hydrogen-bond acceptors (Lipinski definition) is 4. The van der Waals surface area contributed by atoms with E-state index in [1.54, 1.807) is 12.1 Å². The first-order valence-corrected chi connectivity index (χ1v) is 8.72. The zero-order valence-electron chi connectivity index (χ0n) is 14.8. The lowest BCUT2D eigenvalue weighted by Crippen LogP contribution is -2.40. The van der Waals surface area contributed by atoms with Crippen LogP contribution >= 0.6 is 0 Å². The van der Waals surface area contributed by atoms with Crippen LogP contribution in [0.5, 0.6) is 23.0 Å². The fraction of sp³-hybridized carbons (Fsp3) is 0.136. The summed E-state index contributed by atoms with van der Waals surface area (Å²) < 4.78 is 17.3. The summed E-state index contributed by atoms with van der Waals surface area (Å²) in [6.07, 6.45) is -0.729. The minimum Gasteiger partial charge on any atom is -0.485 e. The van der Waals surface area contributed by atoms with E-state index in [-0.39, 0.29) is 12.5 Å². The van der Waals surface area contributed by atoms with E-state index in [0.717, 1.165) is 5.56 Å². The molecule has 27 heavy (non-hydrogen) atoms. The van der Waals surface area contributed by atoms with Gasteiger partial charge in [0.15, 0.2) is 17.2 Å². The van der Waals surface area contributed by atoms with Crippen LogP contribution in [0.3, 0.4) is 0 Å². The summed E-state index contributed by atoms with van der Waals surface area (Å²) in [7, 11) is 0. The molecule has 0 spiro atoms. The maximum absolute atomic E-state index is 12.7. The summed E-state index contributed by atoms with van der Waals surface area (Å²) in [5, 5.41) is 2.87. The first kappa shape index (κ1) is 17.0. The number of anilines is 1. The lowest BCUT2D eigenvalue weighted by Gasteiger charge is -2.25. The monoisotopic (exact) mass is 361 g/mol. The minimum absolute atomic E-state index is 0.157. The molecular formula is C22H19NO4. The average molecular weight is 361 g/mol. The van der Waals surface area contributed by atoms with Crippen LogP contribution in [0, 0.1) is 6.92 Å². The predicted octanol–water partition coefficient (Wildman–Crippen LogP) is 4.57. The van der Waals surface area contributed by atoms with Crippen molar-refractivity contribution in [2.24, 2.45) is 0 Å². The molecular weight excluding hydrogens is 342 g/mol. The van der Waals surface area contributed by atoms with Gasteiger partial charge in [0.2, 0.25) is 6.10 Å². The Morgan fingerprint density at radius 2 is 1.67 bits per heavy atom. The molecule has 1 aliphatic rings. The van der Waals surface area contributed by atoms with Crippen molar-refractivity contribution < 1.29 is 19.0 Å². The molecule has 0 radical (unpaired) electrons. The molecule has 0 aromatic heterocycles. The fourth-order valence-electron chi connectivity index (χ4n) is 2.75. The second-order valence-electron chi connectivity index (χ2n) is 6.26. The largest absolute Gasteiger partial charge is 0.485 e. The molecule has 0 saturated carbocycles. The van der Waals surface area contributed by atoms with Crippen molar-refractivity contribution in [1.82, 2.24) is 0 Å². The zero-order chi connectivity index (χ0) is 18.6. The number of fused-ring (bicyclic) bond motifs is 1. The maximum Gasteiger partial charge on any atom is 0.269 e. The molecule has 136 valence electrons. The van der Waals surface area contributed by atoms with Crippen LogP contribution in [0.1, 0.15) is 5.56 Å². The van der Waals surface area contributed by atoms with Gasteiger partial charge >= 0.3 is 0 Å². The van der Waals surface area contributed by atoms with Crippen LogP contribution < -0.4 is 19.5 Å². The molecule has 1 heterocycles. The van der Waals surface area contributed by atoms with Crippen molar-refractivity contribution in [2.45, 2.75) is 13.0 Å². The van der Waals surface area contributed by atoms with Gasteiger partial charge in [-0.2, -0.15) is 0 Å². The lowest BCUT2D eigenvalue weighted by atomic mass is 10.2. The lowest BCUT2D eigenvalue weighted by molar-refractivity contribution is -0.125. The van der Waals surface area contributed by atoms with Crippen molar-refractivity contribution >= 4 is 11.6 Å². The van der Waals surface area contributed by atoms with E-state index in [2.05, 4.69) is 5.32 Å². The Morgan fingerprint density at radius 3 is 2.48 bits per heavy atom. The van der Waals surface area contributed by atoms with Crippen LogP contribution in [0.2, 0.25) is 0 Å². The number of amides is 1. The van der Waals surface area contributed by atoms with E-state index in [1.165, 1.54) is 0 Å². The highest BCUT2D eigenvalue weighted by atomic mass is 16.6. The molecule has 0 aliphatic carbocycles. The van der Waals surface area contributed by atoms with E-state index in [9.17, 15) is 4.79 Å². The molecule has 0 saturated heterocycles. The van der Waals surface area contributed by atoms with E-state index in [0.29, 0.717) is 28.7 Å². The van der Waals surface area contributed by atoms with E-state index < -0.39 is 6.10 Å². The number of para-hydroxylation sites is 4. The van der Waals surface area contributed by atoms with Gasteiger partial charge < -0.3 is 19.5 Å². The Morgan fingerprint density at radius 1 is 0.963 bits per heavy atom. The molecule has 0 fully saturated rings. The van der Waals surface area contributed by atoms with Crippen molar-refractivity contribution in [2.75, 3.05) is 11.9 Å². The van der Waals surface area contributed by atoms with Gasteiger partial charge in [0.25, 0.3) is 5.91 Å². The number of carbonyl (C=O) groups is 1. The quantitative estimate of drug-likeness (QED) is 0.740. The Balaban J connectivity index is 1.48. The molecule has 0 unspecified atom stereocenters. The summed E-state index contributed by atoms with van der Waals surface area (Å²) in [4.78, 5) is 12.7. The van der Waals surface area contributed by atoms with E-state index >= 15 is 0 Å². The SMILES string of the molecule is Cc1ccc(Oc2ccccc2NC(=O)[C@H]2COc3ccccc3O2)cc1. The summed E-state index contributed by atoms with van der Waals surface area (Å²) in [5.41, 5.74) is 1.73. The number of aryl methyl sites for hydroxylation is 1. The maximum atomic E-state index is 12.7. The molecule has 1 atom stereocenters. The zero-order valence-corrected chi connectivity index (χ0v) is 14.8. The highest BCUT2D eigenvalue weighted by Crippen LogP contribution is 2.32. The second-order valence-corrected chi connectivity index (χ2v) is 6.26. The van der Waals surface area contributed by atoms with Gasteiger partial charge in [-0.3, -0.25) is 4.79 Å². The molecule has 3 aromatic rings. The molecule has 1 amide bonds. The summed E-state index contributed by atoms with van der Waals surface area (Å²) in [5.74, 6) is 2.18. The molecule has 1 N–H and O–H groups in total. The first-order valence-electron chi connectivity index (χ1n) is 8.72. The Hall–Kier alpha value is -3.47. The average Bonchev–Trinajstić information content (AvgIpc) is 2.70. The van der Waals surface area contributed by atoms with Crippen molar-refractivity contribution in [3.63, 3.8) is 0 Å². The van der Waals surface area contributed by atoms with Gasteiger partial charge in [-0.25, -0.2) is 0 Å². The number of nitrogens with one attached hydrogen (secondary N) is 1. The first-order chi connectivity index (χ1) is 13.2. The summed E-state index contributed by atoms with van der Waals surface area (Å²) in [6, 6.07) is 22.3. The smallest absolute Gasteiger partial charge is 0.269 e. The Labute approximate surface area is 157 Å². The third-order valence-electron chi connectivity index (χ3n) is 4.19. The number of hydrogen-bond donors (Lipinski definition) is 1. The fourth-order valence-corrected chi connectivity index (χ4v) is 2.75. The Bertz CT molecular complexity index is 953. The summed E-state index contributed by atoms with van der Waals surface area (Å²) >= 11 is 0. The second kappa shape index (κ2) is 7.41. The highest BCUT2D eigenvalue weighted by Gasteiger charge is 2.27. The van der Waals surface area contributed by atoms with Crippen LogP contribution in [0.25, 0.3) is 0 Å². The van der Waals surface area contributed by atoms with Gasteiger partial charge in [-0.15, -0.1) is 0 Å². The number of carbonyl (C=O) groups excluding carboxylic acids is 1. The molecule has 3 aromatic carbocycles. The molecule has 4 rings (SSSR count). The van der Waals surface area contributed by atoms with Crippen LogP contribution in [0.15, 0.2) is 72.8 Å². The van der Waals surface area contributed by atoms with Gasteiger partial charge in [0.1, 0.15) is 12.4 Å². The van der Waals surface area contributed by atoms with Crippen LogP contribution in [-0.2, 0) is 4.79 Å². The number of rotatable bonds is 4. The van der Waals surface area contributed by atoms with Gasteiger partial charge in [-0.1, -0.05) is 42.0 Å². The molecule has 0 bridgehead atoms. The summed E-state index contributed by atoms with van der Waals surface area (Å²) in [6.45, 7) is 2.17. The number of ether oxygens (including phenoxy) is 3. The highest BCUT2D eigenvalue weighted by molar-refractivity contribution is 5.96. The third-order valence-corrected chi connectivity index (χ3v) is 4.19. The normalized spacial score (nSPS) is 15.1. The minimum atomic E-state index is -0.729. The van der Waals surface area contributed by atoms with E-state index in [1.807, 2.05) is 67.6 Å². The van der Waals surface area contributed by atoms with Gasteiger partial charge in [-0.05, 0) is 43.3 Å². The molecule has 5 nitrogen and oxygen atoms in total.